The third kappa shape index (κ3) is 4.63. The van der Waals surface area contributed by atoms with E-state index in [0.717, 1.165) is 19.4 Å². The van der Waals surface area contributed by atoms with Crippen molar-refractivity contribution in [3.05, 3.63) is 23.8 Å². The van der Waals surface area contributed by atoms with Crippen molar-refractivity contribution in [3.8, 4) is 0 Å². The first kappa shape index (κ1) is 14.3. The molecule has 0 fully saturated rings. The lowest BCUT2D eigenvalue weighted by Crippen LogP contribution is -2.14. The number of unbranched alkanes of at least 4 members (excludes halogenated alkanes) is 1. The number of ether oxygens (including phenoxy) is 1. The molecule has 5 heteroatoms. The van der Waals surface area contributed by atoms with Gasteiger partial charge < -0.3 is 21.5 Å². The number of hydrogen-bond acceptors (Lipinski definition) is 4. The number of nitrogens with two attached hydrogens (primary N) is 2. The van der Waals surface area contributed by atoms with E-state index in [-0.39, 0.29) is 0 Å². The molecule has 0 aliphatic rings. The number of carbonyl (C=O) groups excluding carboxylic acids is 1. The topological polar surface area (TPSA) is 90.4 Å². The first-order chi connectivity index (χ1) is 8.65. The Morgan fingerprint density at radius 2 is 2.17 bits per heavy atom. The van der Waals surface area contributed by atoms with Gasteiger partial charge in [-0.2, -0.15) is 0 Å². The van der Waals surface area contributed by atoms with Crippen LogP contribution in [0.5, 0.6) is 0 Å². The maximum absolute atomic E-state index is 11.0. The number of nitrogens with one attached hydrogen (secondary N) is 1. The lowest BCUT2D eigenvalue weighted by atomic mass is 10.1. The van der Waals surface area contributed by atoms with Crippen LogP contribution in [0.2, 0.25) is 0 Å². The fourth-order valence-electron chi connectivity index (χ4n) is 1.47. The molecule has 0 atom stereocenters. The summed E-state index contributed by atoms with van der Waals surface area (Å²) in [5, 5.41) is 3.13. The second kappa shape index (κ2) is 7.55. The Hall–Kier alpha value is -1.75. The van der Waals surface area contributed by atoms with Crippen molar-refractivity contribution in [2.45, 2.75) is 19.8 Å². The zero-order valence-electron chi connectivity index (χ0n) is 10.7. The van der Waals surface area contributed by atoms with E-state index in [9.17, 15) is 4.79 Å². The molecule has 0 aliphatic carbocycles. The largest absolute Gasteiger partial charge is 0.397 e. The van der Waals surface area contributed by atoms with Crippen LogP contribution < -0.4 is 16.8 Å². The summed E-state index contributed by atoms with van der Waals surface area (Å²) >= 11 is 0. The standard InChI is InChI=1S/C13H21N3O2/c1-2-3-7-18-8-6-16-12-9-10(13(15)17)4-5-11(12)14/h4-5,9,16H,2-3,6-8,14H2,1H3,(H2,15,17). The molecule has 0 saturated carbocycles. The van der Waals surface area contributed by atoms with Gasteiger partial charge in [0.25, 0.3) is 0 Å². The minimum absolute atomic E-state index is 0.443. The molecular formula is C13H21N3O2. The molecule has 0 aliphatic heterocycles. The third-order valence-electron chi connectivity index (χ3n) is 2.54. The number of carbonyl (C=O) groups is 1. The smallest absolute Gasteiger partial charge is 0.248 e. The van der Waals surface area contributed by atoms with Crippen LogP contribution in [0.3, 0.4) is 0 Å². The Morgan fingerprint density at radius 1 is 1.39 bits per heavy atom. The minimum Gasteiger partial charge on any atom is -0.397 e. The lowest BCUT2D eigenvalue weighted by Gasteiger charge is -2.10. The molecule has 100 valence electrons. The van der Waals surface area contributed by atoms with Gasteiger partial charge >= 0.3 is 0 Å². The van der Waals surface area contributed by atoms with Crippen molar-refractivity contribution in [3.63, 3.8) is 0 Å². The Morgan fingerprint density at radius 3 is 2.83 bits per heavy atom. The van der Waals surface area contributed by atoms with Gasteiger partial charge in [0.1, 0.15) is 0 Å². The van der Waals surface area contributed by atoms with Gasteiger partial charge in [-0.1, -0.05) is 13.3 Å². The molecule has 0 radical (unpaired) electrons. The second-order valence-electron chi connectivity index (χ2n) is 4.06. The van der Waals surface area contributed by atoms with Crippen LogP contribution in [0, 0.1) is 0 Å². The van der Waals surface area contributed by atoms with Crippen molar-refractivity contribution in [1.29, 1.82) is 0 Å². The van der Waals surface area contributed by atoms with Crippen LogP contribution in [0.25, 0.3) is 0 Å². The molecule has 1 amide bonds. The molecule has 18 heavy (non-hydrogen) atoms. The van der Waals surface area contributed by atoms with Gasteiger partial charge in [-0.25, -0.2) is 0 Å². The molecule has 1 rings (SSSR count). The summed E-state index contributed by atoms with van der Waals surface area (Å²) in [6.07, 6.45) is 2.19. The summed E-state index contributed by atoms with van der Waals surface area (Å²) in [4.78, 5) is 11.0. The molecule has 0 spiro atoms. The van der Waals surface area contributed by atoms with Gasteiger partial charge in [0.15, 0.2) is 0 Å². The van der Waals surface area contributed by atoms with E-state index in [4.69, 9.17) is 16.2 Å². The Balaban J connectivity index is 2.41. The van der Waals surface area contributed by atoms with E-state index >= 15 is 0 Å². The minimum atomic E-state index is -0.461. The van der Waals surface area contributed by atoms with E-state index < -0.39 is 5.91 Å². The SMILES string of the molecule is CCCCOCCNc1cc(C(N)=O)ccc1N. The summed E-state index contributed by atoms with van der Waals surface area (Å²) in [5.74, 6) is -0.461. The number of benzene rings is 1. The normalized spacial score (nSPS) is 10.3. The van der Waals surface area contributed by atoms with E-state index in [2.05, 4.69) is 12.2 Å². The van der Waals surface area contributed by atoms with Crippen molar-refractivity contribution in [2.24, 2.45) is 5.73 Å². The van der Waals surface area contributed by atoms with E-state index in [1.165, 1.54) is 0 Å². The lowest BCUT2D eigenvalue weighted by molar-refractivity contribution is 0.100. The molecule has 1 aromatic rings. The number of anilines is 2. The number of rotatable bonds is 8. The summed E-state index contributed by atoms with van der Waals surface area (Å²) < 4.78 is 5.42. The average molecular weight is 251 g/mol. The molecule has 0 aromatic heterocycles. The van der Waals surface area contributed by atoms with Crippen molar-refractivity contribution < 1.29 is 9.53 Å². The molecule has 5 nitrogen and oxygen atoms in total. The quantitative estimate of drug-likeness (QED) is 0.483. The van der Waals surface area contributed by atoms with Gasteiger partial charge in [0.2, 0.25) is 5.91 Å². The average Bonchev–Trinajstić information content (AvgIpc) is 2.35. The summed E-state index contributed by atoms with van der Waals surface area (Å²) in [6, 6.07) is 4.94. The molecule has 0 saturated heterocycles. The molecule has 0 unspecified atom stereocenters. The molecular weight excluding hydrogens is 230 g/mol. The number of hydrogen-bond donors (Lipinski definition) is 3. The Bertz CT molecular complexity index is 394. The number of primary amides is 1. The van der Waals surface area contributed by atoms with Crippen LogP contribution in [0.15, 0.2) is 18.2 Å². The van der Waals surface area contributed by atoms with Gasteiger partial charge in [-0.3, -0.25) is 4.79 Å². The van der Waals surface area contributed by atoms with Gasteiger partial charge in [0, 0.05) is 18.7 Å². The highest BCUT2D eigenvalue weighted by atomic mass is 16.5. The fraction of sp³-hybridized carbons (Fsp3) is 0.462. The fourth-order valence-corrected chi connectivity index (χ4v) is 1.47. The van der Waals surface area contributed by atoms with Gasteiger partial charge in [-0.05, 0) is 24.6 Å². The predicted molar refractivity (Wildman–Crippen MR) is 73.6 cm³/mol. The summed E-state index contributed by atoms with van der Waals surface area (Å²) in [7, 11) is 0. The molecule has 0 bridgehead atoms. The maximum atomic E-state index is 11.0. The van der Waals surface area contributed by atoms with E-state index in [1.54, 1.807) is 18.2 Å². The van der Waals surface area contributed by atoms with Crippen LogP contribution >= 0.6 is 0 Å². The third-order valence-corrected chi connectivity index (χ3v) is 2.54. The highest BCUT2D eigenvalue weighted by Gasteiger charge is 2.04. The molecule has 0 heterocycles. The Kier molecular flexibility index (Phi) is 6.00. The van der Waals surface area contributed by atoms with Gasteiger partial charge in [0.05, 0.1) is 18.0 Å². The molecule has 1 aromatic carbocycles. The van der Waals surface area contributed by atoms with Crippen LogP contribution in [-0.2, 0) is 4.74 Å². The summed E-state index contributed by atoms with van der Waals surface area (Å²) in [6.45, 7) is 4.16. The molecule has 5 N–H and O–H groups in total. The van der Waals surface area contributed by atoms with Crippen molar-refractivity contribution in [2.75, 3.05) is 30.8 Å². The van der Waals surface area contributed by atoms with E-state index in [0.29, 0.717) is 30.1 Å². The summed E-state index contributed by atoms with van der Waals surface area (Å²) in [5.41, 5.74) is 12.8. The highest BCUT2D eigenvalue weighted by molar-refractivity contribution is 5.94. The second-order valence-corrected chi connectivity index (χ2v) is 4.06. The predicted octanol–water partition coefficient (Wildman–Crippen LogP) is 1.60. The van der Waals surface area contributed by atoms with E-state index in [1.807, 2.05) is 0 Å². The van der Waals surface area contributed by atoms with Crippen LogP contribution in [-0.4, -0.2) is 25.7 Å². The number of amides is 1. The van der Waals surface area contributed by atoms with Gasteiger partial charge in [-0.15, -0.1) is 0 Å². The van der Waals surface area contributed by atoms with Crippen molar-refractivity contribution in [1.82, 2.24) is 0 Å². The maximum Gasteiger partial charge on any atom is 0.248 e. The van der Waals surface area contributed by atoms with Crippen LogP contribution in [0.1, 0.15) is 30.1 Å². The Labute approximate surface area is 107 Å². The highest BCUT2D eigenvalue weighted by Crippen LogP contribution is 2.19. The number of nitrogen functional groups attached to an aromatic ring is 1. The first-order valence-electron chi connectivity index (χ1n) is 6.16. The monoisotopic (exact) mass is 251 g/mol. The first-order valence-corrected chi connectivity index (χ1v) is 6.16. The zero-order valence-corrected chi connectivity index (χ0v) is 10.7. The zero-order chi connectivity index (χ0) is 13.4. The van der Waals surface area contributed by atoms with Crippen molar-refractivity contribution >= 4 is 17.3 Å². The van der Waals surface area contributed by atoms with Crippen LogP contribution in [0.4, 0.5) is 11.4 Å².